The Morgan fingerprint density at radius 1 is 0.313 bits per heavy atom. The second-order valence-corrected chi connectivity index (χ2v) is 18.5. The highest BCUT2D eigenvalue weighted by Gasteiger charge is 2.19. The molecule has 67 heavy (non-hydrogen) atoms. The number of carbonyl (C=O) groups is 3. The molecule has 0 aliphatic rings. The maximum atomic E-state index is 12.8. The summed E-state index contributed by atoms with van der Waals surface area (Å²) in [5.41, 5.74) is 0. The van der Waals surface area contributed by atoms with Crippen LogP contribution in [-0.4, -0.2) is 37.2 Å². The highest BCUT2D eigenvalue weighted by atomic mass is 16.6. The third kappa shape index (κ3) is 53.4. The van der Waals surface area contributed by atoms with Crippen LogP contribution in [0.1, 0.15) is 265 Å². The number of ether oxygens (including phenoxy) is 3. The molecule has 0 aromatic rings. The van der Waals surface area contributed by atoms with Gasteiger partial charge in [0, 0.05) is 19.3 Å². The van der Waals surface area contributed by atoms with Crippen molar-refractivity contribution in [2.45, 2.75) is 271 Å². The van der Waals surface area contributed by atoms with Crippen LogP contribution in [0.3, 0.4) is 0 Å². The smallest absolute Gasteiger partial charge is 0.306 e. The van der Waals surface area contributed by atoms with Crippen LogP contribution < -0.4 is 0 Å². The Balaban J connectivity index is 4.47. The van der Waals surface area contributed by atoms with E-state index in [1.165, 1.54) is 103 Å². The number of esters is 3. The van der Waals surface area contributed by atoms with Crippen molar-refractivity contribution >= 4 is 17.9 Å². The van der Waals surface area contributed by atoms with E-state index in [0.29, 0.717) is 19.3 Å². The zero-order valence-electron chi connectivity index (χ0n) is 43.9. The molecule has 6 heteroatoms. The molecular formula is C61H104O6. The summed E-state index contributed by atoms with van der Waals surface area (Å²) in [6, 6.07) is 0. The monoisotopic (exact) mass is 933 g/mol. The zero-order valence-corrected chi connectivity index (χ0v) is 43.9. The average molecular weight is 933 g/mol. The number of rotatable bonds is 50. The van der Waals surface area contributed by atoms with E-state index >= 15 is 0 Å². The minimum absolute atomic E-state index is 0.0923. The van der Waals surface area contributed by atoms with Gasteiger partial charge in [0.2, 0.25) is 0 Å². The van der Waals surface area contributed by atoms with Crippen LogP contribution in [-0.2, 0) is 28.6 Å². The van der Waals surface area contributed by atoms with Crippen molar-refractivity contribution in [3.05, 3.63) is 85.1 Å². The highest BCUT2D eigenvalue weighted by Crippen LogP contribution is 2.15. The van der Waals surface area contributed by atoms with Gasteiger partial charge in [-0.15, -0.1) is 0 Å². The Morgan fingerprint density at radius 3 is 0.940 bits per heavy atom. The summed E-state index contributed by atoms with van der Waals surface area (Å²) in [6.07, 6.45) is 71.3. The normalized spacial score (nSPS) is 12.7. The lowest BCUT2D eigenvalue weighted by Gasteiger charge is -2.18. The van der Waals surface area contributed by atoms with Crippen molar-refractivity contribution in [1.82, 2.24) is 0 Å². The van der Waals surface area contributed by atoms with Gasteiger partial charge >= 0.3 is 17.9 Å². The molecule has 1 atom stereocenters. The SMILES string of the molecule is CC/C=C\C/C=C\C/C=C\C/C=C\CCCCCCC(=O)O[C@H](COC(=O)CCCCCC/C=C\C/C=C\C/C=C\CCCCC)COC(=O)CCCCCCCCCCCCCCCCC. The van der Waals surface area contributed by atoms with Gasteiger partial charge in [-0.2, -0.15) is 0 Å². The number of hydrogen-bond donors (Lipinski definition) is 0. The van der Waals surface area contributed by atoms with Gasteiger partial charge in [0.1, 0.15) is 13.2 Å². The average Bonchev–Trinajstić information content (AvgIpc) is 3.33. The lowest BCUT2D eigenvalue weighted by atomic mass is 10.0. The number of hydrogen-bond acceptors (Lipinski definition) is 6. The van der Waals surface area contributed by atoms with Crippen LogP contribution in [0.2, 0.25) is 0 Å². The fraction of sp³-hybridized carbons (Fsp3) is 0.721. The molecule has 0 N–H and O–H groups in total. The fourth-order valence-corrected chi connectivity index (χ4v) is 7.68. The van der Waals surface area contributed by atoms with Crippen LogP contribution in [0.25, 0.3) is 0 Å². The number of allylic oxidation sites excluding steroid dienone is 14. The lowest BCUT2D eigenvalue weighted by Crippen LogP contribution is -2.30. The van der Waals surface area contributed by atoms with E-state index in [1.54, 1.807) is 0 Å². The molecule has 384 valence electrons. The third-order valence-corrected chi connectivity index (χ3v) is 11.9. The van der Waals surface area contributed by atoms with Gasteiger partial charge in [-0.05, 0) is 96.3 Å². The van der Waals surface area contributed by atoms with Gasteiger partial charge in [0.05, 0.1) is 0 Å². The molecule has 0 heterocycles. The molecule has 0 saturated heterocycles. The molecule has 0 aromatic carbocycles. The lowest BCUT2D eigenvalue weighted by molar-refractivity contribution is -0.167. The van der Waals surface area contributed by atoms with Crippen LogP contribution >= 0.6 is 0 Å². The molecule has 0 rings (SSSR count). The molecule has 0 saturated carbocycles. The molecule has 0 aromatic heterocycles. The van der Waals surface area contributed by atoms with E-state index in [0.717, 1.165) is 122 Å². The highest BCUT2D eigenvalue weighted by molar-refractivity contribution is 5.71. The van der Waals surface area contributed by atoms with Gasteiger partial charge in [-0.25, -0.2) is 0 Å². The maximum Gasteiger partial charge on any atom is 0.306 e. The third-order valence-electron chi connectivity index (χ3n) is 11.9. The molecule has 0 radical (unpaired) electrons. The summed E-state index contributed by atoms with van der Waals surface area (Å²) in [4.78, 5) is 38.1. The van der Waals surface area contributed by atoms with Gasteiger partial charge in [-0.3, -0.25) is 14.4 Å². The Labute approximate surface area is 414 Å². The van der Waals surface area contributed by atoms with E-state index in [1.807, 2.05) is 0 Å². The minimum atomic E-state index is -0.798. The van der Waals surface area contributed by atoms with Gasteiger partial charge < -0.3 is 14.2 Å². The Bertz CT molecular complexity index is 1300. The molecule has 0 spiro atoms. The van der Waals surface area contributed by atoms with Crippen molar-refractivity contribution in [3.63, 3.8) is 0 Å². The standard InChI is InChI=1S/C61H104O6/c1-4-7-10-13-16-19-22-25-28-30-33-36-39-42-45-48-51-54-60(63)66-57-58(56-65-59(62)53-50-47-44-41-38-35-32-27-24-21-18-15-12-9-6-3)67-61(64)55-52-49-46-43-40-37-34-31-29-26-23-20-17-14-11-8-5-2/h8,11,16-17,19-20,25-26,28-29,33-34,36-37,58H,4-7,9-10,12-15,18,21-24,27,30-32,35,38-57H2,1-3H3/b11-8-,19-16-,20-17-,28-25-,29-26-,36-33-,37-34-/t58-/m0/s1. The summed E-state index contributed by atoms with van der Waals surface area (Å²) in [7, 11) is 0. The summed E-state index contributed by atoms with van der Waals surface area (Å²) in [5, 5.41) is 0. The van der Waals surface area contributed by atoms with Crippen molar-refractivity contribution < 1.29 is 28.6 Å². The molecular weight excluding hydrogens is 829 g/mol. The molecule has 0 fully saturated rings. The molecule has 0 bridgehead atoms. The molecule has 0 unspecified atom stereocenters. The Morgan fingerprint density at radius 2 is 0.582 bits per heavy atom. The minimum Gasteiger partial charge on any atom is -0.462 e. The summed E-state index contributed by atoms with van der Waals surface area (Å²) in [6.45, 7) is 6.47. The first-order valence-electron chi connectivity index (χ1n) is 28.1. The summed E-state index contributed by atoms with van der Waals surface area (Å²) < 4.78 is 16.8. The molecule has 6 nitrogen and oxygen atoms in total. The van der Waals surface area contributed by atoms with Gasteiger partial charge in [0.15, 0.2) is 6.10 Å². The first kappa shape index (κ1) is 63.6. The van der Waals surface area contributed by atoms with Crippen molar-refractivity contribution in [3.8, 4) is 0 Å². The van der Waals surface area contributed by atoms with Crippen LogP contribution in [0.15, 0.2) is 85.1 Å². The molecule has 0 aliphatic heterocycles. The first-order valence-corrected chi connectivity index (χ1v) is 28.1. The van der Waals surface area contributed by atoms with Crippen LogP contribution in [0.5, 0.6) is 0 Å². The topological polar surface area (TPSA) is 78.9 Å². The van der Waals surface area contributed by atoms with Gasteiger partial charge in [-0.1, -0.05) is 234 Å². The van der Waals surface area contributed by atoms with Crippen LogP contribution in [0, 0.1) is 0 Å². The maximum absolute atomic E-state index is 12.8. The quantitative estimate of drug-likeness (QED) is 0.0262. The van der Waals surface area contributed by atoms with E-state index < -0.39 is 6.10 Å². The van der Waals surface area contributed by atoms with Gasteiger partial charge in [0.25, 0.3) is 0 Å². The first-order chi connectivity index (χ1) is 33.0. The largest absolute Gasteiger partial charge is 0.462 e. The molecule has 0 aliphatic carbocycles. The Hall–Kier alpha value is -3.41. The summed E-state index contributed by atoms with van der Waals surface area (Å²) in [5.74, 6) is -0.933. The predicted octanol–water partition coefficient (Wildman–Crippen LogP) is 18.8. The van der Waals surface area contributed by atoms with E-state index in [4.69, 9.17) is 14.2 Å². The summed E-state index contributed by atoms with van der Waals surface area (Å²) >= 11 is 0. The fourth-order valence-electron chi connectivity index (χ4n) is 7.68. The number of unbranched alkanes of at least 4 members (excludes halogenated alkanes) is 25. The van der Waals surface area contributed by atoms with E-state index in [-0.39, 0.29) is 31.1 Å². The predicted molar refractivity (Wildman–Crippen MR) is 288 cm³/mol. The van der Waals surface area contributed by atoms with E-state index in [2.05, 4.69) is 106 Å². The second-order valence-electron chi connectivity index (χ2n) is 18.5. The molecule has 0 amide bonds. The number of carbonyl (C=O) groups excluding carboxylic acids is 3. The van der Waals surface area contributed by atoms with E-state index in [9.17, 15) is 14.4 Å². The van der Waals surface area contributed by atoms with Crippen molar-refractivity contribution in [2.75, 3.05) is 13.2 Å². The second kappa shape index (κ2) is 55.2. The van der Waals surface area contributed by atoms with Crippen molar-refractivity contribution in [1.29, 1.82) is 0 Å². The zero-order chi connectivity index (χ0) is 48.6. The van der Waals surface area contributed by atoms with Crippen molar-refractivity contribution in [2.24, 2.45) is 0 Å². The Kier molecular flexibility index (Phi) is 52.4. The van der Waals surface area contributed by atoms with Crippen LogP contribution in [0.4, 0.5) is 0 Å².